The number of aryl methyl sites for hydroxylation is 1. The van der Waals surface area contributed by atoms with Gasteiger partial charge in [0, 0.05) is 31.6 Å². The molecule has 0 bridgehead atoms. The first kappa shape index (κ1) is 14.5. The lowest BCUT2D eigenvalue weighted by Gasteiger charge is -2.16. The van der Waals surface area contributed by atoms with Crippen LogP contribution < -0.4 is 5.32 Å². The Hall–Kier alpha value is -2.46. The topological polar surface area (TPSA) is 99.7 Å². The second-order valence-electron chi connectivity index (χ2n) is 5.71. The fourth-order valence-electron chi connectivity index (χ4n) is 3.07. The van der Waals surface area contributed by atoms with E-state index in [-0.39, 0.29) is 17.9 Å². The van der Waals surface area contributed by atoms with Crippen LogP contribution in [0.1, 0.15) is 30.1 Å². The minimum absolute atomic E-state index is 0.119. The predicted molar refractivity (Wildman–Crippen MR) is 79.9 cm³/mol. The molecule has 3 rings (SSSR count). The van der Waals surface area contributed by atoms with Crippen LogP contribution in [-0.2, 0) is 7.05 Å². The minimum atomic E-state index is -0.378. The zero-order valence-electron chi connectivity index (χ0n) is 12.3. The Balaban J connectivity index is 1.64. The minimum Gasteiger partial charge on any atom is -0.393 e. The Labute approximate surface area is 128 Å². The predicted octanol–water partition coefficient (Wildman–Crippen LogP) is 1.05. The molecule has 0 aliphatic heterocycles. The first-order chi connectivity index (χ1) is 10.7. The molecule has 0 radical (unpaired) electrons. The van der Waals surface area contributed by atoms with Crippen LogP contribution in [0, 0.1) is 17.2 Å². The number of pyridine rings is 1. The second kappa shape index (κ2) is 6.12. The van der Waals surface area contributed by atoms with E-state index in [1.54, 1.807) is 24.8 Å². The Kier molecular flexibility index (Phi) is 4.02. The molecule has 0 saturated heterocycles. The van der Waals surface area contributed by atoms with Gasteiger partial charge in [-0.05, 0) is 18.9 Å². The van der Waals surface area contributed by atoms with E-state index in [1.165, 1.54) is 0 Å². The molecule has 1 aliphatic carbocycles. The summed E-state index contributed by atoms with van der Waals surface area (Å²) in [6.45, 7) is 0.607. The Morgan fingerprint density at radius 2 is 2.36 bits per heavy atom. The number of aliphatic hydroxyl groups excluding tert-OH is 1. The van der Waals surface area contributed by atoms with Crippen LogP contribution in [0.15, 0.2) is 24.8 Å². The van der Waals surface area contributed by atoms with Gasteiger partial charge in [0.25, 0.3) is 0 Å². The van der Waals surface area contributed by atoms with E-state index in [2.05, 4.69) is 26.6 Å². The molecule has 0 unspecified atom stereocenters. The zero-order valence-corrected chi connectivity index (χ0v) is 12.3. The van der Waals surface area contributed by atoms with Crippen LogP contribution in [0.2, 0.25) is 0 Å². The highest BCUT2D eigenvalue weighted by atomic mass is 16.3. The van der Waals surface area contributed by atoms with Gasteiger partial charge in [-0.15, -0.1) is 10.2 Å². The SMILES string of the molecule is Cn1cnnc1[C@H]1C[C@H](CNc2cnccc2C#N)[C@H](O)C1. The number of aliphatic hydroxyl groups is 1. The van der Waals surface area contributed by atoms with E-state index in [4.69, 9.17) is 5.26 Å². The van der Waals surface area contributed by atoms with Crippen molar-refractivity contribution in [3.63, 3.8) is 0 Å². The van der Waals surface area contributed by atoms with Gasteiger partial charge in [0.05, 0.1) is 23.6 Å². The van der Waals surface area contributed by atoms with Crippen molar-refractivity contribution in [1.29, 1.82) is 5.26 Å². The highest BCUT2D eigenvalue weighted by Gasteiger charge is 2.35. The van der Waals surface area contributed by atoms with Crippen LogP contribution in [0.4, 0.5) is 5.69 Å². The van der Waals surface area contributed by atoms with Crippen LogP contribution in [0.3, 0.4) is 0 Å². The van der Waals surface area contributed by atoms with Crippen LogP contribution in [0.5, 0.6) is 0 Å². The van der Waals surface area contributed by atoms with Gasteiger partial charge in [-0.3, -0.25) is 4.98 Å². The number of hydrogen-bond donors (Lipinski definition) is 2. The van der Waals surface area contributed by atoms with Crippen molar-refractivity contribution in [2.75, 3.05) is 11.9 Å². The summed E-state index contributed by atoms with van der Waals surface area (Å²) in [5.74, 6) is 1.26. The molecular formula is C15H18N6O. The fourth-order valence-corrected chi connectivity index (χ4v) is 3.07. The number of hydrogen-bond acceptors (Lipinski definition) is 6. The summed E-state index contributed by atoms with van der Waals surface area (Å²) < 4.78 is 1.90. The largest absolute Gasteiger partial charge is 0.393 e. The maximum atomic E-state index is 10.3. The molecule has 1 fully saturated rings. The summed E-state index contributed by atoms with van der Waals surface area (Å²) in [6, 6.07) is 3.81. The van der Waals surface area contributed by atoms with Gasteiger partial charge < -0.3 is 15.0 Å². The van der Waals surface area contributed by atoms with E-state index < -0.39 is 0 Å². The first-order valence-corrected chi connectivity index (χ1v) is 7.29. The molecular weight excluding hydrogens is 280 g/mol. The van der Waals surface area contributed by atoms with Gasteiger partial charge in [0.1, 0.15) is 18.2 Å². The molecule has 1 aliphatic rings. The molecule has 0 aromatic carbocycles. The molecule has 7 heteroatoms. The number of anilines is 1. The molecule has 7 nitrogen and oxygen atoms in total. The molecule has 0 spiro atoms. The zero-order chi connectivity index (χ0) is 15.5. The van der Waals surface area contributed by atoms with E-state index in [9.17, 15) is 5.11 Å². The third kappa shape index (κ3) is 2.78. The Morgan fingerprint density at radius 1 is 1.50 bits per heavy atom. The number of nitrogens with one attached hydrogen (secondary N) is 1. The molecule has 0 amide bonds. The highest BCUT2D eigenvalue weighted by Crippen LogP contribution is 2.37. The van der Waals surface area contributed by atoms with E-state index in [0.717, 1.165) is 12.2 Å². The number of rotatable bonds is 4. The quantitative estimate of drug-likeness (QED) is 0.875. The van der Waals surface area contributed by atoms with Crippen molar-refractivity contribution < 1.29 is 5.11 Å². The first-order valence-electron chi connectivity index (χ1n) is 7.29. The Morgan fingerprint density at radius 3 is 3.09 bits per heavy atom. The fraction of sp³-hybridized carbons (Fsp3) is 0.467. The molecule has 114 valence electrons. The third-order valence-electron chi connectivity index (χ3n) is 4.27. The number of aromatic nitrogens is 4. The normalized spacial score (nSPS) is 24.1. The van der Waals surface area contributed by atoms with Gasteiger partial charge in [-0.2, -0.15) is 5.26 Å². The summed E-state index contributed by atoms with van der Waals surface area (Å²) >= 11 is 0. The van der Waals surface area contributed by atoms with Crippen LogP contribution in [0.25, 0.3) is 0 Å². The molecule has 1 saturated carbocycles. The highest BCUT2D eigenvalue weighted by molar-refractivity contribution is 5.55. The molecule has 2 aromatic rings. The number of nitrogens with zero attached hydrogens (tertiary/aromatic N) is 5. The molecule has 2 aromatic heterocycles. The molecule has 22 heavy (non-hydrogen) atoms. The maximum absolute atomic E-state index is 10.3. The average Bonchev–Trinajstić information content (AvgIpc) is 3.11. The lowest BCUT2D eigenvalue weighted by molar-refractivity contribution is 0.137. The van der Waals surface area contributed by atoms with Crippen molar-refractivity contribution in [3.8, 4) is 6.07 Å². The second-order valence-corrected chi connectivity index (χ2v) is 5.71. The average molecular weight is 298 g/mol. The third-order valence-corrected chi connectivity index (χ3v) is 4.27. The van der Waals surface area contributed by atoms with Gasteiger partial charge in [0.15, 0.2) is 0 Å². The summed E-state index contributed by atoms with van der Waals surface area (Å²) in [5.41, 5.74) is 1.27. The molecule has 2 heterocycles. The smallest absolute Gasteiger partial charge is 0.135 e. The van der Waals surface area contributed by atoms with Gasteiger partial charge in [-0.1, -0.05) is 0 Å². The van der Waals surface area contributed by atoms with Crippen molar-refractivity contribution in [2.24, 2.45) is 13.0 Å². The summed E-state index contributed by atoms with van der Waals surface area (Å²) in [6.07, 6.45) is 6.08. The standard InChI is InChI=1S/C15H18N6O/c1-21-9-19-20-15(21)11-4-12(14(22)5-11)7-18-13-8-17-3-2-10(13)6-16/h2-3,8-9,11-12,14,18,22H,4-5,7H2,1H3/t11-,12+,14+/m0/s1. The van der Waals surface area contributed by atoms with Crippen molar-refractivity contribution in [2.45, 2.75) is 24.9 Å². The maximum Gasteiger partial charge on any atom is 0.135 e. The molecule has 2 N–H and O–H groups in total. The van der Waals surface area contributed by atoms with E-state index in [0.29, 0.717) is 24.2 Å². The van der Waals surface area contributed by atoms with Gasteiger partial charge in [0.2, 0.25) is 0 Å². The van der Waals surface area contributed by atoms with Gasteiger partial charge in [-0.25, -0.2) is 0 Å². The van der Waals surface area contributed by atoms with Crippen molar-refractivity contribution in [3.05, 3.63) is 36.2 Å². The van der Waals surface area contributed by atoms with Crippen molar-refractivity contribution >= 4 is 5.69 Å². The van der Waals surface area contributed by atoms with Crippen molar-refractivity contribution in [1.82, 2.24) is 19.7 Å². The monoisotopic (exact) mass is 298 g/mol. The summed E-state index contributed by atoms with van der Waals surface area (Å²) in [7, 11) is 1.92. The summed E-state index contributed by atoms with van der Waals surface area (Å²) in [4.78, 5) is 4.03. The van der Waals surface area contributed by atoms with E-state index >= 15 is 0 Å². The van der Waals surface area contributed by atoms with Crippen LogP contribution in [-0.4, -0.2) is 37.5 Å². The Bertz CT molecular complexity index is 691. The number of nitriles is 1. The lowest BCUT2D eigenvalue weighted by atomic mass is 10.0. The summed E-state index contributed by atoms with van der Waals surface area (Å²) in [5, 5.41) is 30.6. The van der Waals surface area contributed by atoms with E-state index in [1.807, 2.05) is 11.6 Å². The van der Waals surface area contributed by atoms with Gasteiger partial charge >= 0.3 is 0 Å². The lowest BCUT2D eigenvalue weighted by Crippen LogP contribution is -2.22. The molecule has 3 atom stereocenters. The van der Waals surface area contributed by atoms with Crippen LogP contribution >= 0.6 is 0 Å².